The van der Waals surface area contributed by atoms with Crippen LogP contribution < -0.4 is 5.73 Å². The molecule has 2 aromatic carbocycles. The van der Waals surface area contributed by atoms with E-state index in [-0.39, 0.29) is 6.04 Å². The normalized spacial score (nSPS) is 13.6. The van der Waals surface area contributed by atoms with Crippen LogP contribution in [0.4, 0.5) is 0 Å². The Morgan fingerprint density at radius 2 is 1.67 bits per heavy atom. The number of fused-ring (bicyclic) bond motifs is 3. The first-order valence-corrected chi connectivity index (χ1v) is 7.20. The summed E-state index contributed by atoms with van der Waals surface area (Å²) in [7, 11) is 0. The molecule has 21 heavy (non-hydrogen) atoms. The lowest BCUT2D eigenvalue weighted by atomic mass is 9.98. The van der Waals surface area contributed by atoms with Crippen molar-refractivity contribution in [1.82, 2.24) is 4.98 Å². The molecule has 2 N–H and O–H groups in total. The Hall–Kier alpha value is -2.45. The number of hydrogen-bond donors (Lipinski definition) is 1. The Morgan fingerprint density at radius 3 is 2.52 bits per heavy atom. The summed E-state index contributed by atoms with van der Waals surface area (Å²) in [4.78, 5) is 4.36. The monoisotopic (exact) mass is 272 g/mol. The summed E-state index contributed by atoms with van der Waals surface area (Å²) in [5, 5.41) is 0. The van der Waals surface area contributed by atoms with E-state index in [4.69, 9.17) is 5.73 Å². The van der Waals surface area contributed by atoms with E-state index in [0.717, 1.165) is 17.7 Å². The quantitative estimate of drug-likeness (QED) is 0.604. The third-order valence-corrected chi connectivity index (χ3v) is 4.18. The molecule has 4 rings (SSSR count). The van der Waals surface area contributed by atoms with Gasteiger partial charge in [0.15, 0.2) is 0 Å². The van der Waals surface area contributed by atoms with Gasteiger partial charge in [-0.05, 0) is 46.4 Å². The van der Waals surface area contributed by atoms with Gasteiger partial charge in [-0.2, -0.15) is 0 Å². The first-order valence-electron chi connectivity index (χ1n) is 7.20. The molecule has 0 fully saturated rings. The number of rotatable bonds is 2. The molecule has 1 aliphatic carbocycles. The van der Waals surface area contributed by atoms with Crippen molar-refractivity contribution in [2.45, 2.75) is 12.5 Å². The van der Waals surface area contributed by atoms with Gasteiger partial charge in [-0.25, -0.2) is 0 Å². The van der Waals surface area contributed by atoms with Gasteiger partial charge in [0.05, 0.1) is 11.7 Å². The van der Waals surface area contributed by atoms with Gasteiger partial charge in [-0.15, -0.1) is 0 Å². The molecular formula is C19H16N2. The molecule has 0 radical (unpaired) electrons. The summed E-state index contributed by atoms with van der Waals surface area (Å²) >= 11 is 0. The Labute approximate surface area is 124 Å². The number of benzene rings is 2. The highest BCUT2D eigenvalue weighted by Crippen LogP contribution is 2.37. The topological polar surface area (TPSA) is 38.9 Å². The standard InChI is InChI=1S/C19H16N2/c20-19(18-7-3-4-10-21-18)14-8-9-17-15(12-14)11-13-5-1-2-6-16(13)17/h1-10,12,19H,11,20H2. The molecule has 1 unspecified atom stereocenters. The van der Waals surface area contributed by atoms with E-state index in [1.54, 1.807) is 6.20 Å². The number of pyridine rings is 1. The smallest absolute Gasteiger partial charge is 0.0726 e. The number of nitrogens with zero attached hydrogens (tertiary/aromatic N) is 1. The van der Waals surface area contributed by atoms with Crippen molar-refractivity contribution >= 4 is 0 Å². The maximum absolute atomic E-state index is 6.35. The molecule has 1 heterocycles. The van der Waals surface area contributed by atoms with Crippen LogP contribution in [0.25, 0.3) is 11.1 Å². The van der Waals surface area contributed by atoms with Gasteiger partial charge >= 0.3 is 0 Å². The molecule has 1 aliphatic rings. The van der Waals surface area contributed by atoms with Crippen molar-refractivity contribution < 1.29 is 0 Å². The second-order valence-electron chi connectivity index (χ2n) is 5.48. The Morgan fingerprint density at radius 1 is 0.857 bits per heavy atom. The van der Waals surface area contributed by atoms with Crippen LogP contribution in [0.2, 0.25) is 0 Å². The van der Waals surface area contributed by atoms with Crippen LogP contribution in [0, 0.1) is 0 Å². The maximum Gasteiger partial charge on any atom is 0.0726 e. The van der Waals surface area contributed by atoms with Crippen LogP contribution in [0.15, 0.2) is 66.9 Å². The van der Waals surface area contributed by atoms with E-state index in [2.05, 4.69) is 47.4 Å². The van der Waals surface area contributed by atoms with Gasteiger partial charge in [0.25, 0.3) is 0 Å². The molecule has 0 saturated carbocycles. The lowest BCUT2D eigenvalue weighted by Gasteiger charge is -2.13. The summed E-state index contributed by atoms with van der Waals surface area (Å²) in [5.74, 6) is 0. The fourth-order valence-electron chi connectivity index (χ4n) is 3.09. The fourth-order valence-corrected chi connectivity index (χ4v) is 3.09. The molecule has 2 nitrogen and oxygen atoms in total. The average molecular weight is 272 g/mol. The minimum Gasteiger partial charge on any atom is -0.319 e. The summed E-state index contributed by atoms with van der Waals surface area (Å²) in [6.45, 7) is 0. The molecule has 102 valence electrons. The van der Waals surface area contributed by atoms with Crippen molar-refractivity contribution in [2.75, 3.05) is 0 Å². The minimum atomic E-state index is -0.166. The van der Waals surface area contributed by atoms with Crippen molar-refractivity contribution in [1.29, 1.82) is 0 Å². The lowest BCUT2D eigenvalue weighted by molar-refractivity contribution is 0.827. The van der Waals surface area contributed by atoms with Crippen LogP contribution in [0.5, 0.6) is 0 Å². The summed E-state index contributed by atoms with van der Waals surface area (Å²) in [6.07, 6.45) is 2.78. The Bertz CT molecular complexity index is 794. The van der Waals surface area contributed by atoms with Crippen molar-refractivity contribution in [2.24, 2.45) is 5.73 Å². The van der Waals surface area contributed by atoms with E-state index < -0.39 is 0 Å². The molecule has 2 heteroatoms. The van der Waals surface area contributed by atoms with Gasteiger partial charge in [0.2, 0.25) is 0 Å². The van der Waals surface area contributed by atoms with Gasteiger partial charge in [-0.1, -0.05) is 48.5 Å². The van der Waals surface area contributed by atoms with E-state index >= 15 is 0 Å². The van der Waals surface area contributed by atoms with E-state index in [1.165, 1.54) is 22.3 Å². The molecule has 0 bridgehead atoms. The largest absolute Gasteiger partial charge is 0.319 e. The second-order valence-corrected chi connectivity index (χ2v) is 5.48. The molecule has 1 atom stereocenters. The highest BCUT2D eigenvalue weighted by atomic mass is 14.8. The van der Waals surface area contributed by atoms with Crippen molar-refractivity contribution in [3.05, 3.63) is 89.2 Å². The summed E-state index contributed by atoms with van der Waals surface area (Å²) in [5.41, 5.74) is 13.8. The lowest BCUT2D eigenvalue weighted by Crippen LogP contribution is -2.13. The van der Waals surface area contributed by atoms with Gasteiger partial charge in [0.1, 0.15) is 0 Å². The summed E-state index contributed by atoms with van der Waals surface area (Å²) < 4.78 is 0. The van der Waals surface area contributed by atoms with Crippen LogP contribution >= 0.6 is 0 Å². The SMILES string of the molecule is NC(c1ccc2c(c1)Cc1ccccc1-2)c1ccccn1. The van der Waals surface area contributed by atoms with Crippen LogP contribution in [-0.2, 0) is 6.42 Å². The van der Waals surface area contributed by atoms with E-state index in [0.29, 0.717) is 0 Å². The van der Waals surface area contributed by atoms with E-state index in [1.807, 2.05) is 18.2 Å². The average Bonchev–Trinajstić information content (AvgIpc) is 2.92. The van der Waals surface area contributed by atoms with Gasteiger partial charge in [0, 0.05) is 6.20 Å². The van der Waals surface area contributed by atoms with Gasteiger partial charge < -0.3 is 5.73 Å². The maximum atomic E-state index is 6.35. The number of aromatic nitrogens is 1. The van der Waals surface area contributed by atoms with Crippen molar-refractivity contribution in [3.8, 4) is 11.1 Å². The highest BCUT2D eigenvalue weighted by Gasteiger charge is 2.19. The molecule has 0 saturated heterocycles. The second kappa shape index (κ2) is 4.83. The Kier molecular flexibility index (Phi) is 2.83. The zero-order valence-corrected chi connectivity index (χ0v) is 11.7. The van der Waals surface area contributed by atoms with Crippen molar-refractivity contribution in [3.63, 3.8) is 0 Å². The van der Waals surface area contributed by atoms with Crippen LogP contribution in [0.1, 0.15) is 28.4 Å². The zero-order valence-electron chi connectivity index (χ0n) is 11.7. The zero-order chi connectivity index (χ0) is 14.2. The first-order chi connectivity index (χ1) is 10.3. The molecule has 3 aromatic rings. The molecule has 0 amide bonds. The fraction of sp³-hybridized carbons (Fsp3) is 0.105. The predicted molar refractivity (Wildman–Crippen MR) is 85.0 cm³/mol. The third-order valence-electron chi connectivity index (χ3n) is 4.18. The van der Waals surface area contributed by atoms with E-state index in [9.17, 15) is 0 Å². The molecular weight excluding hydrogens is 256 g/mol. The summed E-state index contributed by atoms with van der Waals surface area (Å²) in [6, 6.07) is 20.8. The van der Waals surface area contributed by atoms with Crippen LogP contribution in [-0.4, -0.2) is 4.98 Å². The van der Waals surface area contributed by atoms with Gasteiger partial charge in [-0.3, -0.25) is 4.98 Å². The first kappa shape index (κ1) is 12.3. The molecule has 0 spiro atoms. The number of hydrogen-bond acceptors (Lipinski definition) is 2. The number of nitrogens with two attached hydrogens (primary N) is 1. The van der Waals surface area contributed by atoms with Crippen LogP contribution in [0.3, 0.4) is 0 Å². The predicted octanol–water partition coefficient (Wildman–Crippen LogP) is 3.70. The highest BCUT2D eigenvalue weighted by molar-refractivity contribution is 5.77. The third kappa shape index (κ3) is 2.05. The molecule has 1 aromatic heterocycles. The molecule has 0 aliphatic heterocycles. The Balaban J connectivity index is 1.74. The minimum absolute atomic E-state index is 0.166.